The summed E-state index contributed by atoms with van der Waals surface area (Å²) in [5.74, 6) is 1.88. The van der Waals surface area contributed by atoms with Crippen LogP contribution in [-0.4, -0.2) is 24.5 Å². The number of aryl methyl sites for hydroxylation is 1. The van der Waals surface area contributed by atoms with Crippen molar-refractivity contribution in [1.29, 1.82) is 0 Å². The first-order chi connectivity index (χ1) is 11.7. The van der Waals surface area contributed by atoms with E-state index in [0.717, 1.165) is 32.1 Å². The molecule has 0 bridgehead atoms. The molecule has 3 aliphatic rings. The number of fused-ring (bicyclic) bond motifs is 5. The highest BCUT2D eigenvalue weighted by Gasteiger charge is 2.57. The van der Waals surface area contributed by atoms with Crippen LogP contribution in [0.4, 0.5) is 0 Å². The number of hydrogen-bond acceptors (Lipinski definition) is 4. The zero-order valence-electron chi connectivity index (χ0n) is 14.2. The molecule has 5 nitrogen and oxygen atoms in total. The molecule has 0 amide bonds. The van der Waals surface area contributed by atoms with Gasteiger partial charge in [-0.2, -0.15) is 13.6 Å². The highest BCUT2D eigenvalue weighted by Crippen LogP contribution is 2.61. The summed E-state index contributed by atoms with van der Waals surface area (Å²) in [6, 6.07) is 5.53. The quantitative estimate of drug-likeness (QED) is 0.707. The second-order valence-corrected chi connectivity index (χ2v) is 10.4. The summed E-state index contributed by atoms with van der Waals surface area (Å²) in [6.45, 7) is 2.25. The van der Waals surface area contributed by atoms with E-state index in [9.17, 15) is 13.5 Å². The number of benzene rings is 1. The molecule has 2 fully saturated rings. The SMILES string of the molecule is C[C@]12CC[C@@H]3c4ccc(OS(N)(=O)=O)cc4CC[C@H]3[C@@H]1C[C@@H](Br)[C@@H]2O. The molecule has 0 aromatic heterocycles. The minimum atomic E-state index is -3.99. The first-order valence-electron chi connectivity index (χ1n) is 8.86. The van der Waals surface area contributed by atoms with Crippen LogP contribution < -0.4 is 9.32 Å². The second kappa shape index (κ2) is 5.94. The van der Waals surface area contributed by atoms with Crippen molar-refractivity contribution in [2.45, 2.75) is 55.9 Å². The van der Waals surface area contributed by atoms with Crippen LogP contribution in [0, 0.1) is 17.3 Å². The zero-order valence-corrected chi connectivity index (χ0v) is 16.6. The Morgan fingerprint density at radius 1 is 1.36 bits per heavy atom. The predicted octanol–water partition coefficient (Wildman–Crippen LogP) is 2.86. The lowest BCUT2D eigenvalue weighted by molar-refractivity contribution is -0.0213. The molecule has 138 valence electrons. The molecule has 25 heavy (non-hydrogen) atoms. The molecule has 1 aromatic carbocycles. The van der Waals surface area contributed by atoms with Crippen LogP contribution in [0.15, 0.2) is 18.2 Å². The summed E-state index contributed by atoms with van der Waals surface area (Å²) < 4.78 is 27.1. The van der Waals surface area contributed by atoms with Gasteiger partial charge in [0.25, 0.3) is 0 Å². The summed E-state index contributed by atoms with van der Waals surface area (Å²) in [5, 5.41) is 15.6. The number of halogens is 1. The van der Waals surface area contributed by atoms with Gasteiger partial charge in [0.05, 0.1) is 6.10 Å². The number of hydrogen-bond donors (Lipinski definition) is 2. The van der Waals surface area contributed by atoms with Crippen molar-refractivity contribution in [3.63, 3.8) is 0 Å². The van der Waals surface area contributed by atoms with Crippen molar-refractivity contribution in [3.8, 4) is 5.75 Å². The van der Waals surface area contributed by atoms with Gasteiger partial charge in [-0.05, 0) is 78.5 Å². The lowest BCUT2D eigenvalue weighted by Gasteiger charge is -2.50. The Balaban J connectivity index is 1.64. The lowest BCUT2D eigenvalue weighted by Crippen LogP contribution is -2.44. The topological polar surface area (TPSA) is 89.6 Å². The van der Waals surface area contributed by atoms with Gasteiger partial charge in [0.2, 0.25) is 0 Å². The van der Waals surface area contributed by atoms with Crippen LogP contribution >= 0.6 is 15.9 Å². The second-order valence-electron chi connectivity index (χ2n) is 8.09. The van der Waals surface area contributed by atoms with Crippen LogP contribution in [0.2, 0.25) is 0 Å². The van der Waals surface area contributed by atoms with E-state index in [1.807, 2.05) is 12.1 Å². The molecule has 0 unspecified atom stereocenters. The van der Waals surface area contributed by atoms with E-state index in [2.05, 4.69) is 22.9 Å². The monoisotopic (exact) mass is 429 g/mol. The van der Waals surface area contributed by atoms with Crippen molar-refractivity contribution in [3.05, 3.63) is 29.3 Å². The van der Waals surface area contributed by atoms with E-state index in [4.69, 9.17) is 9.32 Å². The molecule has 0 heterocycles. The Kier molecular flexibility index (Phi) is 4.22. The third-order valence-corrected chi connectivity index (χ3v) is 8.14. The van der Waals surface area contributed by atoms with Crippen molar-refractivity contribution < 1.29 is 17.7 Å². The van der Waals surface area contributed by atoms with Gasteiger partial charge in [-0.1, -0.05) is 28.9 Å². The molecule has 6 atom stereocenters. The Labute approximate surface area is 157 Å². The molecule has 0 aliphatic heterocycles. The summed E-state index contributed by atoms with van der Waals surface area (Å²) >= 11 is 3.68. The Hall–Kier alpha value is -0.630. The van der Waals surface area contributed by atoms with Gasteiger partial charge in [0.15, 0.2) is 0 Å². The number of nitrogens with two attached hydrogens (primary N) is 1. The minimum absolute atomic E-state index is 0.00349. The predicted molar refractivity (Wildman–Crippen MR) is 98.9 cm³/mol. The maximum atomic E-state index is 11.1. The molecular formula is C18H24BrNO4S. The molecule has 1 aromatic rings. The molecule has 3 aliphatic carbocycles. The molecule has 2 saturated carbocycles. The van der Waals surface area contributed by atoms with Crippen molar-refractivity contribution in [1.82, 2.24) is 0 Å². The standard InChI is InChI=1S/C18H24BrNO4S/c1-18-7-6-13-12-5-3-11(24-25(20,22)23)8-10(12)2-4-14(13)15(18)9-16(19)17(18)21/h3,5,8,13-17,21H,2,4,6-7,9H2,1H3,(H2,20,22,23)/t13-,14-,15+,16-,17+,18+/m1/s1. The minimum Gasteiger partial charge on any atom is -0.391 e. The summed E-state index contributed by atoms with van der Waals surface area (Å²) in [7, 11) is -3.99. The van der Waals surface area contributed by atoms with Crippen molar-refractivity contribution in [2.75, 3.05) is 0 Å². The van der Waals surface area contributed by atoms with Gasteiger partial charge in [0.1, 0.15) is 5.75 Å². The third kappa shape index (κ3) is 2.93. The number of aliphatic hydroxyl groups is 1. The fourth-order valence-electron chi connectivity index (χ4n) is 5.69. The maximum absolute atomic E-state index is 11.1. The Morgan fingerprint density at radius 2 is 2.12 bits per heavy atom. The van der Waals surface area contributed by atoms with Gasteiger partial charge in [0, 0.05) is 4.83 Å². The van der Waals surface area contributed by atoms with E-state index < -0.39 is 10.3 Å². The van der Waals surface area contributed by atoms with E-state index in [1.165, 1.54) is 11.1 Å². The fraction of sp³-hybridized carbons (Fsp3) is 0.667. The van der Waals surface area contributed by atoms with Crippen LogP contribution in [0.1, 0.15) is 49.7 Å². The van der Waals surface area contributed by atoms with Crippen molar-refractivity contribution >= 4 is 26.2 Å². The van der Waals surface area contributed by atoms with E-state index >= 15 is 0 Å². The Bertz CT molecular complexity index is 798. The molecule has 4 rings (SSSR count). The molecule has 7 heteroatoms. The number of rotatable bonds is 2. The van der Waals surface area contributed by atoms with Gasteiger partial charge in [-0.25, -0.2) is 0 Å². The third-order valence-electron chi connectivity index (χ3n) is 6.85. The zero-order chi connectivity index (χ0) is 18.0. The highest BCUT2D eigenvalue weighted by molar-refractivity contribution is 9.09. The van der Waals surface area contributed by atoms with Crippen LogP contribution in [0.3, 0.4) is 0 Å². The van der Waals surface area contributed by atoms with Gasteiger partial charge >= 0.3 is 10.3 Å². The summed E-state index contributed by atoms with van der Waals surface area (Å²) in [6.07, 6.45) is 4.83. The number of alkyl halides is 1. The summed E-state index contributed by atoms with van der Waals surface area (Å²) in [5.41, 5.74) is 2.48. The molecule has 0 spiro atoms. The lowest BCUT2D eigenvalue weighted by atomic mass is 9.55. The average Bonchev–Trinajstić information content (AvgIpc) is 2.76. The fourth-order valence-corrected chi connectivity index (χ4v) is 7.07. The molecule has 0 radical (unpaired) electrons. The summed E-state index contributed by atoms with van der Waals surface area (Å²) in [4.78, 5) is 0.188. The maximum Gasteiger partial charge on any atom is 0.380 e. The largest absolute Gasteiger partial charge is 0.391 e. The van der Waals surface area contributed by atoms with Crippen LogP contribution in [-0.2, 0) is 16.7 Å². The molecular weight excluding hydrogens is 406 g/mol. The first-order valence-corrected chi connectivity index (χ1v) is 11.2. The van der Waals surface area contributed by atoms with Gasteiger partial charge < -0.3 is 9.29 Å². The van der Waals surface area contributed by atoms with E-state index in [-0.39, 0.29) is 22.1 Å². The number of aliphatic hydroxyl groups excluding tert-OH is 1. The molecule has 0 saturated heterocycles. The normalized spacial score (nSPS) is 40.1. The van der Waals surface area contributed by atoms with Gasteiger partial charge in [-0.15, -0.1) is 0 Å². The first kappa shape index (κ1) is 17.8. The average molecular weight is 430 g/mol. The van der Waals surface area contributed by atoms with Crippen LogP contribution in [0.5, 0.6) is 5.75 Å². The highest BCUT2D eigenvalue weighted by atomic mass is 79.9. The van der Waals surface area contributed by atoms with E-state index in [0.29, 0.717) is 17.8 Å². The van der Waals surface area contributed by atoms with E-state index in [1.54, 1.807) is 6.07 Å². The Morgan fingerprint density at radius 3 is 2.84 bits per heavy atom. The molecule has 3 N–H and O–H groups in total. The van der Waals surface area contributed by atoms with Crippen LogP contribution in [0.25, 0.3) is 0 Å². The van der Waals surface area contributed by atoms with Gasteiger partial charge in [-0.3, -0.25) is 0 Å². The van der Waals surface area contributed by atoms with Crippen molar-refractivity contribution in [2.24, 2.45) is 22.4 Å². The smallest absolute Gasteiger partial charge is 0.380 e.